The van der Waals surface area contributed by atoms with Gasteiger partial charge in [-0.25, -0.2) is 4.98 Å². The highest BCUT2D eigenvalue weighted by Crippen LogP contribution is 2.30. The number of aromatic nitrogens is 2. The van der Waals surface area contributed by atoms with Gasteiger partial charge >= 0.3 is 0 Å². The second kappa shape index (κ2) is 7.04. The minimum atomic E-state index is -0.486. The number of benzene rings is 1. The first-order chi connectivity index (χ1) is 10.6. The standard InChI is InChI=1S/C15H10ClN3O2S/c1-3-6-21-12-5-4-9(7-11(12)16)13-10(8-17)14(20)19-15(18-13)22-2/h1,4-5,7H,6H2,2H3,(H,18,19,20). The van der Waals surface area contributed by atoms with Crippen molar-refractivity contribution in [1.29, 1.82) is 5.26 Å². The van der Waals surface area contributed by atoms with E-state index in [1.807, 2.05) is 6.07 Å². The summed E-state index contributed by atoms with van der Waals surface area (Å²) in [5.41, 5.74) is 0.281. The van der Waals surface area contributed by atoms with Crippen LogP contribution in [0.5, 0.6) is 5.75 Å². The van der Waals surface area contributed by atoms with Crippen molar-refractivity contribution < 1.29 is 4.74 Å². The summed E-state index contributed by atoms with van der Waals surface area (Å²) < 4.78 is 5.28. The Kier molecular flexibility index (Phi) is 5.11. The molecule has 0 bridgehead atoms. The van der Waals surface area contributed by atoms with E-state index < -0.39 is 5.56 Å². The first-order valence-electron chi connectivity index (χ1n) is 6.05. The third-order valence-corrected chi connectivity index (χ3v) is 3.59. The zero-order valence-corrected chi connectivity index (χ0v) is 13.1. The van der Waals surface area contributed by atoms with Crippen molar-refractivity contribution in [3.8, 4) is 35.4 Å². The van der Waals surface area contributed by atoms with Crippen molar-refractivity contribution >= 4 is 23.4 Å². The molecule has 0 amide bonds. The van der Waals surface area contributed by atoms with Gasteiger partial charge in [0.05, 0.1) is 10.7 Å². The number of thioether (sulfide) groups is 1. The highest BCUT2D eigenvalue weighted by Gasteiger charge is 2.14. The Morgan fingerprint density at radius 3 is 2.91 bits per heavy atom. The molecule has 0 aliphatic carbocycles. The number of halogens is 1. The lowest BCUT2D eigenvalue weighted by molar-refractivity contribution is 0.370. The van der Waals surface area contributed by atoms with Gasteiger partial charge in [-0.15, -0.1) is 6.42 Å². The van der Waals surface area contributed by atoms with E-state index in [0.717, 1.165) is 0 Å². The van der Waals surface area contributed by atoms with E-state index in [9.17, 15) is 4.79 Å². The Morgan fingerprint density at radius 1 is 1.55 bits per heavy atom. The third-order valence-electron chi connectivity index (χ3n) is 2.72. The second-order valence-electron chi connectivity index (χ2n) is 4.05. The number of H-pyrrole nitrogens is 1. The molecule has 0 radical (unpaired) electrons. The Bertz CT molecular complexity index is 849. The first kappa shape index (κ1) is 16.0. The Hall–Kier alpha value is -2.41. The van der Waals surface area contributed by atoms with Gasteiger partial charge in [-0.3, -0.25) is 4.79 Å². The molecule has 1 aromatic carbocycles. The van der Waals surface area contributed by atoms with Crippen LogP contribution in [0, 0.1) is 23.7 Å². The molecule has 1 heterocycles. The molecule has 5 nitrogen and oxygen atoms in total. The molecule has 1 aromatic heterocycles. The first-order valence-corrected chi connectivity index (χ1v) is 7.65. The molecule has 0 atom stereocenters. The zero-order valence-electron chi connectivity index (χ0n) is 11.5. The number of hydrogen-bond acceptors (Lipinski definition) is 5. The summed E-state index contributed by atoms with van der Waals surface area (Å²) in [4.78, 5) is 18.7. The van der Waals surface area contributed by atoms with Gasteiger partial charge in [-0.2, -0.15) is 5.26 Å². The monoisotopic (exact) mass is 331 g/mol. The fourth-order valence-corrected chi connectivity index (χ4v) is 2.36. The molecule has 0 saturated heterocycles. The van der Waals surface area contributed by atoms with Gasteiger partial charge in [0, 0.05) is 5.56 Å². The van der Waals surface area contributed by atoms with Gasteiger partial charge in [0.2, 0.25) is 0 Å². The highest BCUT2D eigenvalue weighted by molar-refractivity contribution is 7.98. The molecule has 0 spiro atoms. The van der Waals surface area contributed by atoms with Gasteiger partial charge in [0.25, 0.3) is 5.56 Å². The summed E-state index contributed by atoms with van der Waals surface area (Å²) in [5.74, 6) is 2.77. The number of rotatable bonds is 4. The van der Waals surface area contributed by atoms with Crippen LogP contribution in [0.4, 0.5) is 0 Å². The molecular weight excluding hydrogens is 322 g/mol. The number of hydrogen-bond donors (Lipinski definition) is 1. The van der Waals surface area contributed by atoms with Crippen molar-refractivity contribution in [3.63, 3.8) is 0 Å². The second-order valence-corrected chi connectivity index (χ2v) is 5.25. The van der Waals surface area contributed by atoms with E-state index >= 15 is 0 Å². The van der Waals surface area contributed by atoms with E-state index in [1.165, 1.54) is 11.8 Å². The maximum atomic E-state index is 11.9. The fraction of sp³-hybridized carbons (Fsp3) is 0.133. The molecule has 1 N–H and O–H groups in total. The van der Waals surface area contributed by atoms with E-state index in [0.29, 0.717) is 21.5 Å². The highest BCUT2D eigenvalue weighted by atomic mass is 35.5. The van der Waals surface area contributed by atoms with E-state index in [4.69, 9.17) is 28.0 Å². The van der Waals surface area contributed by atoms with E-state index in [2.05, 4.69) is 15.9 Å². The predicted molar refractivity (Wildman–Crippen MR) is 86.1 cm³/mol. The van der Waals surface area contributed by atoms with Crippen molar-refractivity contribution in [1.82, 2.24) is 9.97 Å². The van der Waals surface area contributed by atoms with Crippen LogP contribution in [0.2, 0.25) is 5.02 Å². The number of ether oxygens (including phenoxy) is 1. The summed E-state index contributed by atoms with van der Waals surface area (Å²) in [6.07, 6.45) is 6.90. The Morgan fingerprint density at radius 2 is 2.32 bits per heavy atom. The molecule has 7 heteroatoms. The summed E-state index contributed by atoms with van der Waals surface area (Å²) in [6, 6.07) is 6.74. The molecule has 2 rings (SSSR count). The van der Waals surface area contributed by atoms with Gasteiger partial charge in [0.1, 0.15) is 24.0 Å². The van der Waals surface area contributed by atoms with E-state index in [1.54, 1.807) is 24.5 Å². The van der Waals surface area contributed by atoms with Gasteiger partial charge in [-0.1, -0.05) is 29.3 Å². The summed E-state index contributed by atoms with van der Waals surface area (Å²) >= 11 is 7.40. The van der Waals surface area contributed by atoms with Crippen LogP contribution < -0.4 is 10.3 Å². The maximum absolute atomic E-state index is 11.9. The minimum Gasteiger partial charge on any atom is -0.479 e. The van der Waals surface area contributed by atoms with Crippen molar-refractivity contribution in [2.45, 2.75) is 5.16 Å². The number of terminal acetylenes is 1. The number of aromatic amines is 1. The van der Waals surface area contributed by atoms with Crippen LogP contribution in [0.15, 0.2) is 28.2 Å². The maximum Gasteiger partial charge on any atom is 0.270 e. The molecule has 0 saturated carbocycles. The summed E-state index contributed by atoms with van der Waals surface area (Å²) in [5, 5.41) is 9.91. The normalized spacial score (nSPS) is 9.82. The summed E-state index contributed by atoms with van der Waals surface area (Å²) in [6.45, 7) is 0.0996. The van der Waals surface area contributed by atoms with Gasteiger partial charge in [0.15, 0.2) is 5.16 Å². The molecule has 0 aliphatic rings. The molecule has 0 fully saturated rings. The molecular formula is C15H10ClN3O2S. The third kappa shape index (κ3) is 3.25. The minimum absolute atomic E-state index is 0.0637. The van der Waals surface area contributed by atoms with Crippen LogP contribution in [0.1, 0.15) is 5.56 Å². The molecule has 110 valence electrons. The van der Waals surface area contributed by atoms with Crippen LogP contribution in [0.25, 0.3) is 11.3 Å². The average molecular weight is 332 g/mol. The van der Waals surface area contributed by atoms with Gasteiger partial charge in [-0.05, 0) is 24.5 Å². The average Bonchev–Trinajstić information content (AvgIpc) is 2.52. The molecule has 0 unspecified atom stereocenters. The molecule has 22 heavy (non-hydrogen) atoms. The van der Waals surface area contributed by atoms with Crippen molar-refractivity contribution in [2.75, 3.05) is 12.9 Å². The van der Waals surface area contributed by atoms with Crippen molar-refractivity contribution in [3.05, 3.63) is 39.1 Å². The predicted octanol–water partition coefficient (Wildman–Crippen LogP) is 2.70. The van der Waals surface area contributed by atoms with Crippen LogP contribution in [-0.4, -0.2) is 22.8 Å². The smallest absolute Gasteiger partial charge is 0.270 e. The fourth-order valence-electron chi connectivity index (χ4n) is 1.75. The number of nitrogens with one attached hydrogen (secondary N) is 1. The van der Waals surface area contributed by atoms with Crippen LogP contribution in [0.3, 0.4) is 0 Å². The quantitative estimate of drug-likeness (QED) is 0.529. The van der Waals surface area contributed by atoms with E-state index in [-0.39, 0.29) is 17.9 Å². The Balaban J connectivity index is 2.55. The lowest BCUT2D eigenvalue weighted by Crippen LogP contribution is -2.14. The van der Waals surface area contributed by atoms with Gasteiger partial charge < -0.3 is 9.72 Å². The number of nitrogens with zero attached hydrogens (tertiary/aromatic N) is 2. The molecule has 2 aromatic rings. The largest absolute Gasteiger partial charge is 0.479 e. The van der Waals surface area contributed by atoms with Crippen LogP contribution in [-0.2, 0) is 0 Å². The van der Waals surface area contributed by atoms with Crippen molar-refractivity contribution in [2.24, 2.45) is 0 Å². The Labute approximate surface area is 136 Å². The lowest BCUT2D eigenvalue weighted by Gasteiger charge is -2.08. The summed E-state index contributed by atoms with van der Waals surface area (Å²) in [7, 11) is 0. The molecule has 0 aliphatic heterocycles. The number of nitriles is 1. The van der Waals surface area contributed by atoms with Crippen LogP contribution >= 0.6 is 23.4 Å². The topological polar surface area (TPSA) is 78.8 Å². The SMILES string of the molecule is C#CCOc1ccc(-c2nc(SC)[nH]c(=O)c2C#N)cc1Cl. The zero-order chi connectivity index (χ0) is 16.1. The lowest BCUT2D eigenvalue weighted by atomic mass is 10.1.